The second-order valence-corrected chi connectivity index (χ2v) is 11.8. The highest BCUT2D eigenvalue weighted by Crippen LogP contribution is 2.29. The van der Waals surface area contributed by atoms with Crippen LogP contribution in [0.2, 0.25) is 0 Å². The van der Waals surface area contributed by atoms with Crippen LogP contribution >= 0.6 is 23.1 Å². The molecule has 34 heavy (non-hydrogen) atoms. The summed E-state index contributed by atoms with van der Waals surface area (Å²) in [4.78, 5) is 12.6. The van der Waals surface area contributed by atoms with Crippen molar-refractivity contribution in [1.82, 2.24) is 14.5 Å². The predicted octanol–water partition coefficient (Wildman–Crippen LogP) is 3.65. The fraction of sp³-hybridized carbons (Fsp3) is 0.318. The van der Waals surface area contributed by atoms with Crippen LogP contribution in [0.3, 0.4) is 0 Å². The normalized spacial score (nSPS) is 14.6. The molecule has 1 saturated heterocycles. The zero-order valence-corrected chi connectivity index (χ0v) is 21.2. The van der Waals surface area contributed by atoms with Gasteiger partial charge in [0.2, 0.25) is 21.1 Å². The SMILES string of the molecule is Cc1cccc(Nc2nnc(SCC(=O)Nc3ccc(S(=O)(=O)N4CCOCC4)cc3)s2)c1C. The maximum absolute atomic E-state index is 12.7. The molecule has 12 heteroatoms. The minimum absolute atomic E-state index is 0.159. The van der Waals surface area contributed by atoms with Crippen molar-refractivity contribution in [3.05, 3.63) is 53.6 Å². The van der Waals surface area contributed by atoms with Crippen molar-refractivity contribution >= 4 is 55.5 Å². The third-order valence-corrected chi connectivity index (χ3v) is 9.21. The molecule has 180 valence electrons. The Morgan fingerprint density at radius 3 is 2.59 bits per heavy atom. The number of ether oxygens (including phenoxy) is 1. The molecule has 0 radical (unpaired) electrons. The van der Waals surface area contributed by atoms with Crippen LogP contribution < -0.4 is 10.6 Å². The van der Waals surface area contributed by atoms with Gasteiger partial charge in [-0.1, -0.05) is 35.2 Å². The van der Waals surface area contributed by atoms with Gasteiger partial charge in [-0.2, -0.15) is 4.31 Å². The van der Waals surface area contributed by atoms with E-state index < -0.39 is 10.0 Å². The number of aromatic nitrogens is 2. The quantitative estimate of drug-likeness (QED) is 0.434. The number of thioether (sulfide) groups is 1. The highest BCUT2D eigenvalue weighted by molar-refractivity contribution is 8.01. The standard InChI is InChI=1S/C22H25N5O4S3/c1-15-4-3-5-19(16(15)2)24-21-25-26-22(33-21)32-14-20(28)23-17-6-8-18(9-7-17)34(29,30)27-10-12-31-13-11-27/h3-9H,10-14H2,1-2H3,(H,23,28)(H,24,25). The molecule has 1 fully saturated rings. The lowest BCUT2D eigenvalue weighted by atomic mass is 10.1. The Hall–Kier alpha value is -2.51. The van der Waals surface area contributed by atoms with Crippen molar-refractivity contribution in [2.24, 2.45) is 0 Å². The van der Waals surface area contributed by atoms with Crippen molar-refractivity contribution in [2.75, 3.05) is 42.7 Å². The van der Waals surface area contributed by atoms with Crippen LogP contribution in [0.5, 0.6) is 0 Å². The summed E-state index contributed by atoms with van der Waals surface area (Å²) in [5, 5.41) is 15.0. The number of carbonyl (C=O) groups excluding carboxylic acids is 1. The summed E-state index contributed by atoms with van der Waals surface area (Å²) < 4.78 is 32.7. The number of sulfonamides is 1. The van der Waals surface area contributed by atoms with Crippen LogP contribution in [0, 0.1) is 13.8 Å². The lowest BCUT2D eigenvalue weighted by Crippen LogP contribution is -2.40. The van der Waals surface area contributed by atoms with E-state index in [0.717, 1.165) is 11.3 Å². The summed E-state index contributed by atoms with van der Waals surface area (Å²) in [6.45, 7) is 5.56. The average molecular weight is 520 g/mol. The molecular weight excluding hydrogens is 494 g/mol. The first kappa shape index (κ1) is 24.6. The van der Waals surface area contributed by atoms with Crippen molar-refractivity contribution < 1.29 is 17.9 Å². The second kappa shape index (κ2) is 10.8. The number of rotatable bonds is 8. The van der Waals surface area contributed by atoms with E-state index in [4.69, 9.17) is 4.74 Å². The Kier molecular flexibility index (Phi) is 7.84. The van der Waals surface area contributed by atoms with E-state index in [9.17, 15) is 13.2 Å². The molecule has 2 heterocycles. The van der Waals surface area contributed by atoms with Gasteiger partial charge in [0.05, 0.1) is 23.9 Å². The molecule has 9 nitrogen and oxygen atoms in total. The van der Waals surface area contributed by atoms with Crippen LogP contribution in [0.4, 0.5) is 16.5 Å². The Balaban J connectivity index is 1.29. The van der Waals surface area contributed by atoms with Gasteiger partial charge in [0.1, 0.15) is 0 Å². The van der Waals surface area contributed by atoms with Gasteiger partial charge in [-0.15, -0.1) is 10.2 Å². The number of hydrogen-bond donors (Lipinski definition) is 2. The monoisotopic (exact) mass is 519 g/mol. The van der Waals surface area contributed by atoms with E-state index >= 15 is 0 Å². The van der Waals surface area contributed by atoms with E-state index in [-0.39, 0.29) is 16.6 Å². The van der Waals surface area contributed by atoms with Crippen LogP contribution in [-0.2, 0) is 19.6 Å². The van der Waals surface area contributed by atoms with Crippen molar-refractivity contribution in [3.63, 3.8) is 0 Å². The van der Waals surface area contributed by atoms with Gasteiger partial charge in [0, 0.05) is 24.5 Å². The minimum Gasteiger partial charge on any atom is -0.379 e. The second-order valence-electron chi connectivity index (χ2n) is 7.62. The molecule has 0 unspecified atom stereocenters. The average Bonchev–Trinajstić information content (AvgIpc) is 3.29. The van der Waals surface area contributed by atoms with E-state index in [2.05, 4.69) is 33.8 Å². The topological polar surface area (TPSA) is 114 Å². The van der Waals surface area contributed by atoms with Gasteiger partial charge in [-0.25, -0.2) is 8.42 Å². The number of hydrogen-bond acceptors (Lipinski definition) is 9. The van der Waals surface area contributed by atoms with Gasteiger partial charge in [0.25, 0.3) is 0 Å². The van der Waals surface area contributed by atoms with Gasteiger partial charge < -0.3 is 15.4 Å². The molecule has 0 saturated carbocycles. The summed E-state index contributed by atoms with van der Waals surface area (Å²) in [6.07, 6.45) is 0. The molecule has 1 aliphatic rings. The third kappa shape index (κ3) is 5.94. The van der Waals surface area contributed by atoms with E-state index in [1.54, 1.807) is 12.1 Å². The number of amides is 1. The summed E-state index contributed by atoms with van der Waals surface area (Å²) in [5.41, 5.74) is 3.84. The number of nitrogens with one attached hydrogen (secondary N) is 2. The summed E-state index contributed by atoms with van der Waals surface area (Å²) in [7, 11) is -3.56. The third-order valence-electron chi connectivity index (χ3n) is 5.33. The van der Waals surface area contributed by atoms with Gasteiger partial charge in [0.15, 0.2) is 4.34 Å². The lowest BCUT2D eigenvalue weighted by Gasteiger charge is -2.26. The fourth-order valence-electron chi connectivity index (χ4n) is 3.29. The highest BCUT2D eigenvalue weighted by Gasteiger charge is 2.26. The molecule has 3 aromatic rings. The highest BCUT2D eigenvalue weighted by atomic mass is 32.2. The number of aryl methyl sites for hydroxylation is 1. The Bertz CT molecular complexity index is 1260. The van der Waals surface area contributed by atoms with Gasteiger partial charge in [-0.3, -0.25) is 4.79 Å². The molecule has 1 aliphatic heterocycles. The van der Waals surface area contributed by atoms with Crippen LogP contribution in [0.15, 0.2) is 51.7 Å². The van der Waals surface area contributed by atoms with Crippen molar-refractivity contribution in [3.8, 4) is 0 Å². The summed E-state index contributed by atoms with van der Waals surface area (Å²) in [5.74, 6) is -0.0561. The number of nitrogens with zero attached hydrogens (tertiary/aromatic N) is 3. The zero-order chi connectivity index (χ0) is 24.1. The molecule has 0 atom stereocenters. The number of carbonyl (C=O) groups is 1. The largest absolute Gasteiger partial charge is 0.379 e. The first-order valence-corrected chi connectivity index (χ1v) is 13.8. The molecule has 0 bridgehead atoms. The molecule has 4 rings (SSSR count). The zero-order valence-electron chi connectivity index (χ0n) is 18.8. The van der Waals surface area contributed by atoms with Crippen molar-refractivity contribution in [2.45, 2.75) is 23.1 Å². The van der Waals surface area contributed by atoms with Gasteiger partial charge >= 0.3 is 0 Å². The first-order valence-electron chi connectivity index (χ1n) is 10.6. The smallest absolute Gasteiger partial charge is 0.243 e. The van der Waals surface area contributed by atoms with E-state index in [1.165, 1.54) is 45.1 Å². The van der Waals surface area contributed by atoms with Crippen molar-refractivity contribution in [1.29, 1.82) is 0 Å². The molecular formula is C22H25N5O4S3. The Labute approximate surface area is 207 Å². The van der Waals surface area contributed by atoms with Crippen LogP contribution in [0.1, 0.15) is 11.1 Å². The molecule has 2 aromatic carbocycles. The predicted molar refractivity (Wildman–Crippen MR) is 134 cm³/mol. The molecule has 1 amide bonds. The number of anilines is 3. The fourth-order valence-corrected chi connectivity index (χ4v) is 6.26. The first-order chi connectivity index (χ1) is 16.3. The maximum atomic E-state index is 12.7. The molecule has 0 aliphatic carbocycles. The molecule has 1 aromatic heterocycles. The van der Waals surface area contributed by atoms with E-state index in [1.807, 2.05) is 19.1 Å². The molecule has 0 spiro atoms. The minimum atomic E-state index is -3.56. The Morgan fingerprint density at radius 2 is 1.85 bits per heavy atom. The Morgan fingerprint density at radius 1 is 1.12 bits per heavy atom. The lowest BCUT2D eigenvalue weighted by molar-refractivity contribution is -0.113. The summed E-state index contributed by atoms with van der Waals surface area (Å²) >= 11 is 2.67. The van der Waals surface area contributed by atoms with Gasteiger partial charge in [-0.05, 0) is 55.3 Å². The number of morpholine rings is 1. The van der Waals surface area contributed by atoms with Crippen LogP contribution in [0.25, 0.3) is 0 Å². The summed E-state index contributed by atoms with van der Waals surface area (Å²) in [6, 6.07) is 12.2. The maximum Gasteiger partial charge on any atom is 0.243 e. The van der Waals surface area contributed by atoms with E-state index in [0.29, 0.717) is 41.5 Å². The number of benzene rings is 2. The molecule has 2 N–H and O–H groups in total. The van der Waals surface area contributed by atoms with Crippen LogP contribution in [-0.4, -0.2) is 60.9 Å².